The number of aliphatic hydroxyl groups is 1. The van der Waals surface area contributed by atoms with Gasteiger partial charge >= 0.3 is 0 Å². The summed E-state index contributed by atoms with van der Waals surface area (Å²) in [6, 6.07) is 3.56. The quantitative estimate of drug-likeness (QED) is 0.712. The first-order valence-electron chi connectivity index (χ1n) is 6.71. The van der Waals surface area contributed by atoms with E-state index < -0.39 is 0 Å². The van der Waals surface area contributed by atoms with Crippen LogP contribution in [0.5, 0.6) is 0 Å². The summed E-state index contributed by atoms with van der Waals surface area (Å²) in [7, 11) is 1.62. The molecule has 5 nitrogen and oxygen atoms in total. The van der Waals surface area contributed by atoms with Crippen LogP contribution >= 0.6 is 11.3 Å². The van der Waals surface area contributed by atoms with Gasteiger partial charge in [0.05, 0.1) is 11.4 Å². The summed E-state index contributed by atoms with van der Waals surface area (Å²) >= 11 is 1.37. The van der Waals surface area contributed by atoms with Crippen molar-refractivity contribution in [1.29, 1.82) is 0 Å². The number of rotatable bonds is 8. The van der Waals surface area contributed by atoms with Gasteiger partial charge in [0.15, 0.2) is 0 Å². The van der Waals surface area contributed by atoms with E-state index in [0.29, 0.717) is 11.4 Å². The van der Waals surface area contributed by atoms with Gasteiger partial charge in [0.2, 0.25) is 5.91 Å². The van der Waals surface area contributed by atoms with Crippen molar-refractivity contribution in [3.05, 3.63) is 22.4 Å². The Bertz CT molecular complexity index is 420. The molecule has 112 valence electrons. The predicted molar refractivity (Wildman–Crippen MR) is 79.8 cm³/mol. The highest BCUT2D eigenvalue weighted by atomic mass is 32.1. The Hall–Kier alpha value is -1.40. The molecule has 6 heteroatoms. The van der Waals surface area contributed by atoms with E-state index in [1.807, 2.05) is 18.4 Å². The van der Waals surface area contributed by atoms with Gasteiger partial charge in [-0.15, -0.1) is 11.3 Å². The van der Waals surface area contributed by atoms with Gasteiger partial charge in [0.25, 0.3) is 5.91 Å². The van der Waals surface area contributed by atoms with Crippen molar-refractivity contribution in [3.63, 3.8) is 0 Å². The van der Waals surface area contributed by atoms with Crippen LogP contribution in [-0.4, -0.2) is 48.6 Å². The number of likely N-dealkylation sites (N-methyl/N-ethyl adjacent to an activating group) is 1. The van der Waals surface area contributed by atoms with E-state index >= 15 is 0 Å². The molecule has 0 fully saturated rings. The van der Waals surface area contributed by atoms with E-state index in [4.69, 9.17) is 5.11 Å². The molecule has 1 aromatic rings. The minimum absolute atomic E-state index is 0.0618. The Balaban J connectivity index is 2.23. The number of hydrogen-bond donors (Lipinski definition) is 2. The normalized spacial score (nSPS) is 11.9. The Morgan fingerprint density at radius 3 is 2.85 bits per heavy atom. The molecule has 1 unspecified atom stereocenters. The highest BCUT2D eigenvalue weighted by molar-refractivity contribution is 7.12. The van der Waals surface area contributed by atoms with Crippen LogP contribution in [0.25, 0.3) is 0 Å². The third kappa shape index (κ3) is 5.71. The minimum atomic E-state index is -0.158. The van der Waals surface area contributed by atoms with Crippen LogP contribution in [0.4, 0.5) is 0 Å². The van der Waals surface area contributed by atoms with Gasteiger partial charge < -0.3 is 15.3 Å². The van der Waals surface area contributed by atoms with Crippen LogP contribution in [0.2, 0.25) is 0 Å². The third-order valence-electron chi connectivity index (χ3n) is 2.97. The number of aliphatic hydroxyl groups excluding tert-OH is 1. The number of amides is 2. The molecule has 0 saturated carbocycles. The van der Waals surface area contributed by atoms with Crippen LogP contribution in [0.3, 0.4) is 0 Å². The first kappa shape index (κ1) is 16.7. The number of hydrogen-bond acceptors (Lipinski definition) is 4. The second-order valence-corrected chi connectivity index (χ2v) is 5.87. The molecular weight excluding hydrogens is 276 g/mol. The van der Waals surface area contributed by atoms with Crippen LogP contribution < -0.4 is 5.32 Å². The fraction of sp³-hybridized carbons (Fsp3) is 0.571. The first-order chi connectivity index (χ1) is 9.54. The molecule has 1 aromatic heterocycles. The van der Waals surface area contributed by atoms with Crippen molar-refractivity contribution < 1.29 is 14.7 Å². The summed E-state index contributed by atoms with van der Waals surface area (Å²) in [5.74, 6) is -0.0342. The average molecular weight is 298 g/mol. The van der Waals surface area contributed by atoms with Crippen molar-refractivity contribution in [1.82, 2.24) is 10.2 Å². The number of carbonyl (C=O) groups excluding carboxylic acids is 2. The largest absolute Gasteiger partial charge is 0.396 e. The molecular formula is C14H22N2O3S. The van der Waals surface area contributed by atoms with Crippen molar-refractivity contribution in [2.45, 2.75) is 19.8 Å². The average Bonchev–Trinajstić information content (AvgIpc) is 2.96. The fourth-order valence-corrected chi connectivity index (χ4v) is 2.42. The molecule has 0 radical (unpaired) electrons. The van der Waals surface area contributed by atoms with Gasteiger partial charge in [0.1, 0.15) is 0 Å². The lowest BCUT2D eigenvalue weighted by Crippen LogP contribution is -2.38. The summed E-state index contributed by atoms with van der Waals surface area (Å²) in [6.45, 7) is 2.78. The maximum absolute atomic E-state index is 11.9. The summed E-state index contributed by atoms with van der Waals surface area (Å²) in [5, 5.41) is 13.5. The van der Waals surface area contributed by atoms with E-state index in [1.54, 1.807) is 13.1 Å². The summed E-state index contributed by atoms with van der Waals surface area (Å²) in [6.07, 6.45) is 1.71. The molecule has 0 bridgehead atoms. The number of thiophene rings is 1. The van der Waals surface area contributed by atoms with E-state index in [-0.39, 0.29) is 30.9 Å². The van der Waals surface area contributed by atoms with Gasteiger partial charge in [-0.2, -0.15) is 0 Å². The lowest BCUT2D eigenvalue weighted by molar-refractivity contribution is -0.121. The summed E-state index contributed by atoms with van der Waals surface area (Å²) in [4.78, 5) is 25.7. The molecule has 1 heterocycles. The van der Waals surface area contributed by atoms with Crippen LogP contribution in [0.1, 0.15) is 29.4 Å². The maximum atomic E-state index is 11.9. The van der Waals surface area contributed by atoms with Gasteiger partial charge in [-0.05, 0) is 30.2 Å². The van der Waals surface area contributed by atoms with E-state index in [0.717, 1.165) is 12.8 Å². The van der Waals surface area contributed by atoms with Crippen molar-refractivity contribution in [2.75, 3.05) is 26.7 Å². The van der Waals surface area contributed by atoms with Gasteiger partial charge in [-0.3, -0.25) is 9.59 Å². The van der Waals surface area contributed by atoms with Gasteiger partial charge in [-0.25, -0.2) is 0 Å². The second-order valence-electron chi connectivity index (χ2n) is 4.92. The number of nitrogens with one attached hydrogen (secondary N) is 1. The van der Waals surface area contributed by atoms with Gasteiger partial charge in [0, 0.05) is 20.2 Å². The smallest absolute Gasteiger partial charge is 0.264 e. The molecule has 2 N–H and O–H groups in total. The Morgan fingerprint density at radius 2 is 2.25 bits per heavy atom. The van der Waals surface area contributed by atoms with E-state index in [9.17, 15) is 9.59 Å². The zero-order chi connectivity index (χ0) is 15.0. The van der Waals surface area contributed by atoms with Crippen LogP contribution in [-0.2, 0) is 4.79 Å². The van der Waals surface area contributed by atoms with E-state index in [2.05, 4.69) is 5.32 Å². The molecule has 1 atom stereocenters. The van der Waals surface area contributed by atoms with Crippen molar-refractivity contribution in [2.24, 2.45) is 5.92 Å². The van der Waals surface area contributed by atoms with Crippen molar-refractivity contribution >= 4 is 23.2 Å². The molecule has 0 aromatic carbocycles. The molecule has 0 saturated heterocycles. The molecule has 0 aliphatic heterocycles. The molecule has 1 rings (SSSR count). The highest BCUT2D eigenvalue weighted by Gasteiger charge is 2.15. The topological polar surface area (TPSA) is 69.6 Å². The molecule has 0 spiro atoms. The lowest BCUT2D eigenvalue weighted by Gasteiger charge is -2.16. The Morgan fingerprint density at radius 1 is 1.50 bits per heavy atom. The molecule has 2 amide bonds. The first-order valence-corrected chi connectivity index (χ1v) is 7.59. The summed E-state index contributed by atoms with van der Waals surface area (Å²) in [5.41, 5.74) is 0. The standard InChI is InChI=1S/C14H22N2O3S/c1-11(10-17)5-3-7-15-13(18)9-16(2)14(19)12-6-4-8-20-12/h4,6,8,11,17H,3,5,7,9-10H2,1-2H3,(H,15,18). The SMILES string of the molecule is CC(CO)CCCNC(=O)CN(C)C(=O)c1cccs1. The minimum Gasteiger partial charge on any atom is -0.396 e. The van der Waals surface area contributed by atoms with E-state index in [1.165, 1.54) is 16.2 Å². The Kier molecular flexibility index (Phi) is 7.25. The zero-order valence-corrected chi connectivity index (χ0v) is 12.8. The monoisotopic (exact) mass is 298 g/mol. The zero-order valence-electron chi connectivity index (χ0n) is 12.0. The molecule has 20 heavy (non-hydrogen) atoms. The third-order valence-corrected chi connectivity index (χ3v) is 3.82. The van der Waals surface area contributed by atoms with Crippen LogP contribution in [0.15, 0.2) is 17.5 Å². The molecule has 0 aliphatic rings. The van der Waals surface area contributed by atoms with Gasteiger partial charge in [-0.1, -0.05) is 13.0 Å². The number of nitrogens with zero attached hydrogens (tertiary/aromatic N) is 1. The summed E-state index contributed by atoms with van der Waals surface area (Å²) < 4.78 is 0. The maximum Gasteiger partial charge on any atom is 0.264 e. The predicted octanol–water partition coefficient (Wildman–Crippen LogP) is 1.34. The lowest BCUT2D eigenvalue weighted by atomic mass is 10.1. The Labute approximate surface area is 123 Å². The second kappa shape index (κ2) is 8.71. The number of carbonyl (C=O) groups is 2. The highest BCUT2D eigenvalue weighted by Crippen LogP contribution is 2.10. The fourth-order valence-electron chi connectivity index (χ4n) is 1.70. The van der Waals surface area contributed by atoms with Crippen molar-refractivity contribution in [3.8, 4) is 0 Å². The molecule has 0 aliphatic carbocycles. The van der Waals surface area contributed by atoms with Crippen LogP contribution in [0, 0.1) is 5.92 Å².